The number of nitrogens with zero attached hydrogens (tertiary/aromatic N) is 2. The lowest BCUT2D eigenvalue weighted by molar-refractivity contribution is -0.140. The SMILES string of the molecule is COc1cccc(CN(C(=O)CN(c2ccc(Cl)cc2C)S(=O)(=O)c2ccccc2)[C@@H](Cc2ccccc2)C(=O)NC(C)(C)C)c1. The molecule has 0 fully saturated rings. The summed E-state index contributed by atoms with van der Waals surface area (Å²) in [5.41, 5.74) is 1.86. The zero-order chi connectivity index (χ0) is 33.5. The van der Waals surface area contributed by atoms with Gasteiger partial charge in [-0.25, -0.2) is 8.42 Å². The third-order valence-electron chi connectivity index (χ3n) is 7.29. The molecular formula is C36H40ClN3O5S. The van der Waals surface area contributed by atoms with Crippen LogP contribution in [0, 0.1) is 6.92 Å². The predicted octanol–water partition coefficient (Wildman–Crippen LogP) is 6.41. The highest BCUT2D eigenvalue weighted by Gasteiger charge is 2.36. The van der Waals surface area contributed by atoms with E-state index in [9.17, 15) is 18.0 Å². The van der Waals surface area contributed by atoms with Crippen LogP contribution in [0.3, 0.4) is 0 Å². The molecule has 0 radical (unpaired) electrons. The van der Waals surface area contributed by atoms with Crippen LogP contribution < -0.4 is 14.4 Å². The number of hydrogen-bond donors (Lipinski definition) is 1. The molecule has 2 amide bonds. The molecular weight excluding hydrogens is 622 g/mol. The van der Waals surface area contributed by atoms with Crippen molar-refractivity contribution in [1.82, 2.24) is 10.2 Å². The molecule has 0 saturated heterocycles. The van der Waals surface area contributed by atoms with Gasteiger partial charge in [0.2, 0.25) is 11.8 Å². The maximum Gasteiger partial charge on any atom is 0.264 e. The fraction of sp³-hybridized carbons (Fsp3) is 0.278. The minimum atomic E-state index is -4.21. The molecule has 0 aliphatic rings. The molecule has 0 heterocycles. The van der Waals surface area contributed by atoms with Crippen molar-refractivity contribution in [3.63, 3.8) is 0 Å². The van der Waals surface area contributed by atoms with Gasteiger partial charge >= 0.3 is 0 Å². The Bertz CT molecular complexity index is 1760. The van der Waals surface area contributed by atoms with Crippen molar-refractivity contribution in [3.8, 4) is 5.75 Å². The summed E-state index contributed by atoms with van der Waals surface area (Å²) in [6.07, 6.45) is 0.212. The Balaban J connectivity index is 1.85. The number of benzene rings is 4. The van der Waals surface area contributed by atoms with Gasteiger partial charge in [0.25, 0.3) is 10.0 Å². The van der Waals surface area contributed by atoms with E-state index in [4.69, 9.17) is 16.3 Å². The molecule has 4 aromatic rings. The molecule has 242 valence electrons. The number of carbonyl (C=O) groups is 2. The molecule has 0 aliphatic carbocycles. The monoisotopic (exact) mass is 661 g/mol. The van der Waals surface area contributed by atoms with Gasteiger partial charge in [-0.1, -0.05) is 72.3 Å². The van der Waals surface area contributed by atoms with Crippen LogP contribution in [0.1, 0.15) is 37.5 Å². The summed E-state index contributed by atoms with van der Waals surface area (Å²) in [5, 5.41) is 3.47. The van der Waals surface area contributed by atoms with Gasteiger partial charge in [-0.2, -0.15) is 0 Å². The second-order valence-corrected chi connectivity index (χ2v) is 14.4. The van der Waals surface area contributed by atoms with Gasteiger partial charge < -0.3 is 15.0 Å². The smallest absolute Gasteiger partial charge is 0.264 e. The Morgan fingerprint density at radius 3 is 2.11 bits per heavy atom. The Morgan fingerprint density at radius 1 is 0.870 bits per heavy atom. The molecule has 0 aliphatic heterocycles. The summed E-state index contributed by atoms with van der Waals surface area (Å²) in [6.45, 7) is 6.83. The zero-order valence-electron chi connectivity index (χ0n) is 26.7. The minimum absolute atomic E-state index is 0.0304. The van der Waals surface area contributed by atoms with Crippen LogP contribution in [-0.4, -0.2) is 50.4 Å². The van der Waals surface area contributed by atoms with Gasteiger partial charge in [0.15, 0.2) is 0 Å². The van der Waals surface area contributed by atoms with Crippen molar-refractivity contribution in [2.24, 2.45) is 0 Å². The summed E-state index contributed by atoms with van der Waals surface area (Å²) >= 11 is 6.23. The number of carbonyl (C=O) groups excluding carboxylic acids is 2. The molecule has 8 nitrogen and oxygen atoms in total. The van der Waals surface area contributed by atoms with Crippen LogP contribution >= 0.6 is 11.6 Å². The number of rotatable bonds is 12. The number of methoxy groups -OCH3 is 1. The van der Waals surface area contributed by atoms with Crippen LogP contribution in [-0.2, 0) is 32.6 Å². The minimum Gasteiger partial charge on any atom is -0.497 e. The summed E-state index contributed by atoms with van der Waals surface area (Å²) in [4.78, 5) is 30.1. The molecule has 10 heteroatoms. The van der Waals surface area contributed by atoms with Crippen LogP contribution in [0.15, 0.2) is 108 Å². The van der Waals surface area contributed by atoms with E-state index in [0.29, 0.717) is 22.0 Å². The van der Waals surface area contributed by atoms with E-state index in [0.717, 1.165) is 15.4 Å². The molecule has 0 bridgehead atoms. The van der Waals surface area contributed by atoms with Crippen molar-refractivity contribution < 1.29 is 22.7 Å². The molecule has 4 rings (SSSR count). The lowest BCUT2D eigenvalue weighted by Crippen LogP contribution is -2.56. The fourth-order valence-corrected chi connectivity index (χ4v) is 6.83. The van der Waals surface area contributed by atoms with Crippen molar-refractivity contribution in [3.05, 3.63) is 125 Å². The first-order chi connectivity index (χ1) is 21.8. The number of hydrogen-bond acceptors (Lipinski definition) is 5. The highest BCUT2D eigenvalue weighted by atomic mass is 35.5. The average molecular weight is 662 g/mol. The fourth-order valence-electron chi connectivity index (χ4n) is 5.11. The molecule has 0 unspecified atom stereocenters. The van der Waals surface area contributed by atoms with E-state index < -0.39 is 34.1 Å². The predicted molar refractivity (Wildman–Crippen MR) is 183 cm³/mol. The van der Waals surface area contributed by atoms with Crippen molar-refractivity contribution in [1.29, 1.82) is 0 Å². The number of ether oxygens (including phenoxy) is 1. The summed E-state index contributed by atoms with van der Waals surface area (Å²) < 4.78 is 34.9. The summed E-state index contributed by atoms with van der Waals surface area (Å²) in [6, 6.07) is 28.5. The number of amides is 2. The molecule has 46 heavy (non-hydrogen) atoms. The first kappa shape index (κ1) is 34.5. The van der Waals surface area contributed by atoms with Gasteiger partial charge in [-0.05, 0) is 86.8 Å². The quantitative estimate of drug-likeness (QED) is 0.189. The number of sulfonamides is 1. The highest BCUT2D eigenvalue weighted by molar-refractivity contribution is 7.92. The van der Waals surface area contributed by atoms with Crippen LogP contribution in [0.25, 0.3) is 0 Å². The van der Waals surface area contributed by atoms with Crippen LogP contribution in [0.5, 0.6) is 5.75 Å². The van der Waals surface area contributed by atoms with Gasteiger partial charge in [0.05, 0.1) is 17.7 Å². The van der Waals surface area contributed by atoms with Gasteiger partial charge in [0.1, 0.15) is 18.3 Å². The maximum absolute atomic E-state index is 14.6. The number of halogens is 1. The molecule has 4 aromatic carbocycles. The Labute approximate surface area is 277 Å². The Hall–Kier alpha value is -4.34. The largest absolute Gasteiger partial charge is 0.497 e. The van der Waals surface area contributed by atoms with Crippen LogP contribution in [0.2, 0.25) is 5.02 Å². The lowest BCUT2D eigenvalue weighted by atomic mass is 10.0. The van der Waals surface area contributed by atoms with E-state index in [1.807, 2.05) is 63.2 Å². The normalized spacial score (nSPS) is 12.2. The molecule has 1 atom stereocenters. The van der Waals surface area contributed by atoms with E-state index in [-0.39, 0.29) is 23.8 Å². The second-order valence-electron chi connectivity index (χ2n) is 12.1. The first-order valence-corrected chi connectivity index (χ1v) is 16.7. The average Bonchev–Trinajstić information content (AvgIpc) is 3.02. The summed E-state index contributed by atoms with van der Waals surface area (Å²) in [5.74, 6) is -0.317. The van der Waals surface area contributed by atoms with Gasteiger partial charge in [0, 0.05) is 23.5 Å². The highest BCUT2D eigenvalue weighted by Crippen LogP contribution is 2.30. The van der Waals surface area contributed by atoms with Gasteiger partial charge in [-0.15, -0.1) is 0 Å². The maximum atomic E-state index is 14.6. The van der Waals surface area contributed by atoms with Crippen molar-refractivity contribution in [2.75, 3.05) is 18.0 Å². The van der Waals surface area contributed by atoms with Gasteiger partial charge in [-0.3, -0.25) is 13.9 Å². The summed E-state index contributed by atoms with van der Waals surface area (Å²) in [7, 11) is -2.66. The second kappa shape index (κ2) is 14.8. The molecule has 0 spiro atoms. The van der Waals surface area contributed by atoms with E-state index >= 15 is 0 Å². The molecule has 1 N–H and O–H groups in total. The Morgan fingerprint density at radius 2 is 1.50 bits per heavy atom. The Kier molecular flexibility index (Phi) is 11.1. The van der Waals surface area contributed by atoms with E-state index in [2.05, 4.69) is 5.32 Å². The van der Waals surface area contributed by atoms with E-state index in [1.165, 1.54) is 17.0 Å². The third kappa shape index (κ3) is 8.89. The molecule has 0 aromatic heterocycles. The number of nitrogens with one attached hydrogen (secondary N) is 1. The van der Waals surface area contributed by atoms with Crippen molar-refractivity contribution in [2.45, 2.75) is 57.1 Å². The van der Waals surface area contributed by atoms with E-state index in [1.54, 1.807) is 62.6 Å². The standard InChI is InChI=1S/C36H40ClN3O5S/c1-26-21-29(37)19-20-32(26)40(46(43,44)31-17-10-7-11-18-31)25-34(41)39(24-28-15-12-16-30(22-28)45-5)33(35(42)38-36(2,3)4)23-27-13-8-6-9-14-27/h6-22,33H,23-25H2,1-5H3,(H,38,42)/t33-/m0/s1. The van der Waals surface area contributed by atoms with Crippen LogP contribution in [0.4, 0.5) is 5.69 Å². The first-order valence-electron chi connectivity index (χ1n) is 14.9. The third-order valence-corrected chi connectivity index (χ3v) is 9.30. The number of aryl methyl sites for hydroxylation is 1. The topological polar surface area (TPSA) is 96.0 Å². The van der Waals surface area contributed by atoms with Crippen molar-refractivity contribution >= 4 is 39.1 Å². The lowest BCUT2D eigenvalue weighted by Gasteiger charge is -2.35. The zero-order valence-corrected chi connectivity index (χ0v) is 28.3. The molecule has 0 saturated carbocycles. The number of anilines is 1.